The molecule has 0 spiro atoms. The fraction of sp³-hybridized carbons (Fsp3) is 0.647. The molecule has 1 heterocycles. The molecule has 0 saturated carbocycles. The number of nitrogens with two attached hydrogens (primary N) is 1. The number of likely N-dealkylation sites (tertiary alicyclic amines) is 1. The minimum absolute atomic E-state index is 0.359. The van der Waals surface area contributed by atoms with Gasteiger partial charge in [-0.25, -0.2) is 0 Å². The zero-order chi connectivity index (χ0) is 16.1. The van der Waals surface area contributed by atoms with Crippen LogP contribution < -0.4 is 10.5 Å². The lowest BCUT2D eigenvalue weighted by molar-refractivity contribution is 0.146. The van der Waals surface area contributed by atoms with Crippen LogP contribution in [0.2, 0.25) is 0 Å². The number of methoxy groups -OCH3 is 1. The molecule has 4 nitrogen and oxygen atoms in total. The summed E-state index contributed by atoms with van der Waals surface area (Å²) in [6.45, 7) is 7.60. The van der Waals surface area contributed by atoms with E-state index < -0.39 is 0 Å². The molecule has 1 saturated heterocycles. The van der Waals surface area contributed by atoms with Crippen molar-refractivity contribution in [2.45, 2.75) is 43.3 Å². The molecule has 22 heavy (non-hydrogen) atoms. The van der Waals surface area contributed by atoms with E-state index in [-0.39, 0.29) is 0 Å². The Morgan fingerprint density at radius 2 is 2.05 bits per heavy atom. The molecule has 124 valence electrons. The normalized spacial score (nSPS) is 22.8. The fourth-order valence-electron chi connectivity index (χ4n) is 2.80. The maximum atomic E-state index is 6.05. The Kier molecular flexibility index (Phi) is 6.92. The van der Waals surface area contributed by atoms with Crippen LogP contribution in [0.5, 0.6) is 5.75 Å². The molecule has 0 aromatic heterocycles. The molecule has 1 aromatic rings. The second-order valence-corrected chi connectivity index (χ2v) is 7.44. The summed E-state index contributed by atoms with van der Waals surface area (Å²) >= 11 is 2.52. The third-order valence-electron chi connectivity index (χ3n) is 4.45. The van der Waals surface area contributed by atoms with E-state index in [0.29, 0.717) is 23.3 Å². The summed E-state index contributed by atoms with van der Waals surface area (Å²) in [7, 11) is 1.69. The van der Waals surface area contributed by atoms with E-state index in [2.05, 4.69) is 53.5 Å². The number of benzene rings is 1. The van der Waals surface area contributed by atoms with Gasteiger partial charge in [-0.1, -0.05) is 28.7 Å². The van der Waals surface area contributed by atoms with Gasteiger partial charge in [0.05, 0.1) is 10.7 Å². The predicted octanol–water partition coefficient (Wildman–Crippen LogP) is 3.01. The summed E-state index contributed by atoms with van der Waals surface area (Å²) in [5.74, 6) is 0.963. The molecule has 0 bridgehead atoms. The molecule has 2 atom stereocenters. The topological polar surface area (TPSA) is 47.7 Å². The molecule has 0 amide bonds. The van der Waals surface area contributed by atoms with Crippen LogP contribution >= 0.6 is 22.6 Å². The van der Waals surface area contributed by atoms with Crippen molar-refractivity contribution in [2.24, 2.45) is 5.73 Å². The standard InChI is InChI=1S/C17H27IN2O2/c1-12-13(2)16(22-9-8-21-3)5-4-14(12)11-20-7-6-15(19)10-17(20)18/h4-5,15,17H,6-11,19H2,1-3H3. The minimum Gasteiger partial charge on any atom is -0.491 e. The highest BCUT2D eigenvalue weighted by Gasteiger charge is 2.25. The molecule has 0 radical (unpaired) electrons. The van der Waals surface area contributed by atoms with E-state index >= 15 is 0 Å². The van der Waals surface area contributed by atoms with Crippen LogP contribution in [0.15, 0.2) is 12.1 Å². The Morgan fingerprint density at radius 3 is 2.73 bits per heavy atom. The smallest absolute Gasteiger partial charge is 0.122 e. The third kappa shape index (κ3) is 4.57. The van der Waals surface area contributed by atoms with E-state index in [1.807, 2.05) is 0 Å². The number of halogens is 1. The zero-order valence-electron chi connectivity index (χ0n) is 13.8. The number of alkyl halides is 1. The molecular formula is C17H27IN2O2. The van der Waals surface area contributed by atoms with Crippen molar-refractivity contribution in [1.29, 1.82) is 0 Å². The van der Waals surface area contributed by atoms with Crippen LogP contribution in [0.3, 0.4) is 0 Å². The maximum absolute atomic E-state index is 6.05. The summed E-state index contributed by atoms with van der Waals surface area (Å²) in [5, 5.41) is 0. The van der Waals surface area contributed by atoms with Crippen molar-refractivity contribution in [1.82, 2.24) is 4.90 Å². The first kappa shape index (κ1) is 18.0. The van der Waals surface area contributed by atoms with Crippen LogP contribution in [-0.2, 0) is 11.3 Å². The predicted molar refractivity (Wildman–Crippen MR) is 98.7 cm³/mol. The number of piperidine rings is 1. The molecule has 2 unspecified atom stereocenters. The maximum Gasteiger partial charge on any atom is 0.122 e. The van der Waals surface area contributed by atoms with Gasteiger partial charge in [0.2, 0.25) is 0 Å². The lowest BCUT2D eigenvalue weighted by Crippen LogP contribution is -2.43. The number of hydrogen-bond donors (Lipinski definition) is 1. The summed E-state index contributed by atoms with van der Waals surface area (Å²) < 4.78 is 11.3. The Balaban J connectivity index is 2.04. The van der Waals surface area contributed by atoms with Gasteiger partial charge in [-0.2, -0.15) is 0 Å². The van der Waals surface area contributed by atoms with Crippen molar-refractivity contribution in [3.05, 3.63) is 28.8 Å². The van der Waals surface area contributed by atoms with E-state index in [1.165, 1.54) is 16.7 Å². The van der Waals surface area contributed by atoms with Crippen molar-refractivity contribution in [3.8, 4) is 5.75 Å². The van der Waals surface area contributed by atoms with Gasteiger partial charge in [-0.15, -0.1) is 0 Å². The number of hydrogen-bond acceptors (Lipinski definition) is 4. The van der Waals surface area contributed by atoms with Gasteiger partial charge in [0, 0.05) is 26.2 Å². The largest absolute Gasteiger partial charge is 0.491 e. The first-order valence-corrected chi connectivity index (χ1v) is 9.12. The average Bonchev–Trinajstić information content (AvgIpc) is 2.49. The number of ether oxygens (including phenoxy) is 2. The molecular weight excluding hydrogens is 391 g/mol. The fourth-order valence-corrected chi connectivity index (χ4v) is 3.93. The highest BCUT2D eigenvalue weighted by molar-refractivity contribution is 14.1. The Labute approximate surface area is 147 Å². The van der Waals surface area contributed by atoms with Crippen LogP contribution in [-0.4, -0.2) is 41.9 Å². The molecule has 5 heteroatoms. The van der Waals surface area contributed by atoms with E-state index in [9.17, 15) is 0 Å². The Hall–Kier alpha value is -0.370. The highest BCUT2D eigenvalue weighted by Crippen LogP contribution is 2.28. The van der Waals surface area contributed by atoms with Crippen LogP contribution in [0.4, 0.5) is 0 Å². The summed E-state index contributed by atoms with van der Waals surface area (Å²) in [6.07, 6.45) is 2.17. The quantitative estimate of drug-likeness (QED) is 0.334. The summed E-state index contributed by atoms with van der Waals surface area (Å²) in [6, 6.07) is 4.64. The van der Waals surface area contributed by atoms with E-state index in [4.69, 9.17) is 15.2 Å². The first-order chi connectivity index (χ1) is 10.5. The van der Waals surface area contributed by atoms with Gasteiger partial charge in [0.1, 0.15) is 12.4 Å². The molecule has 1 fully saturated rings. The molecule has 2 rings (SSSR count). The average molecular weight is 418 g/mol. The molecule has 1 aromatic carbocycles. The molecule has 0 aliphatic carbocycles. The summed E-state index contributed by atoms with van der Waals surface area (Å²) in [5.41, 5.74) is 9.99. The lowest BCUT2D eigenvalue weighted by atomic mass is 10.00. The number of nitrogens with zero attached hydrogens (tertiary/aromatic N) is 1. The van der Waals surface area contributed by atoms with Gasteiger partial charge < -0.3 is 15.2 Å². The first-order valence-electron chi connectivity index (χ1n) is 7.87. The van der Waals surface area contributed by atoms with E-state index in [1.54, 1.807) is 7.11 Å². The van der Waals surface area contributed by atoms with Gasteiger partial charge in [-0.3, -0.25) is 4.90 Å². The zero-order valence-corrected chi connectivity index (χ0v) is 15.9. The second-order valence-electron chi connectivity index (χ2n) is 6.00. The monoisotopic (exact) mass is 418 g/mol. The number of rotatable bonds is 6. The van der Waals surface area contributed by atoms with Crippen LogP contribution in [0.1, 0.15) is 29.5 Å². The third-order valence-corrected chi connectivity index (χ3v) is 5.75. The summed E-state index contributed by atoms with van der Waals surface area (Å²) in [4.78, 5) is 2.52. The van der Waals surface area contributed by atoms with Crippen LogP contribution in [0.25, 0.3) is 0 Å². The van der Waals surface area contributed by atoms with Crippen LogP contribution in [0, 0.1) is 13.8 Å². The molecule has 2 N–H and O–H groups in total. The van der Waals surface area contributed by atoms with Gasteiger partial charge >= 0.3 is 0 Å². The molecule has 1 aliphatic heterocycles. The van der Waals surface area contributed by atoms with Crippen molar-refractivity contribution in [2.75, 3.05) is 26.9 Å². The Bertz CT molecular complexity index is 496. The minimum atomic E-state index is 0.359. The SMILES string of the molecule is COCCOc1ccc(CN2CCC(N)CC2I)c(C)c1C. The Morgan fingerprint density at radius 1 is 1.27 bits per heavy atom. The molecule has 1 aliphatic rings. The van der Waals surface area contributed by atoms with Crippen molar-refractivity contribution in [3.63, 3.8) is 0 Å². The highest BCUT2D eigenvalue weighted by atomic mass is 127. The van der Waals surface area contributed by atoms with Gasteiger partial charge in [0.25, 0.3) is 0 Å². The van der Waals surface area contributed by atoms with Crippen molar-refractivity contribution >= 4 is 22.6 Å². The lowest BCUT2D eigenvalue weighted by Gasteiger charge is -2.35. The second kappa shape index (κ2) is 8.47. The van der Waals surface area contributed by atoms with Gasteiger partial charge in [0.15, 0.2) is 0 Å². The van der Waals surface area contributed by atoms with Crippen molar-refractivity contribution < 1.29 is 9.47 Å². The van der Waals surface area contributed by atoms with E-state index in [0.717, 1.165) is 31.7 Å². The van der Waals surface area contributed by atoms with Gasteiger partial charge in [-0.05, 0) is 49.4 Å².